The van der Waals surface area contributed by atoms with Crippen molar-refractivity contribution in [3.8, 4) is 0 Å². The molecule has 0 rings (SSSR count). The van der Waals surface area contributed by atoms with E-state index in [4.69, 9.17) is 10.5 Å². The summed E-state index contributed by atoms with van der Waals surface area (Å²) in [6.45, 7) is 6.39. The highest BCUT2D eigenvalue weighted by atomic mass is 16.5. The summed E-state index contributed by atoms with van der Waals surface area (Å²) >= 11 is 0. The molecule has 0 spiro atoms. The first-order valence-electron chi connectivity index (χ1n) is 3.31. The summed E-state index contributed by atoms with van der Waals surface area (Å²) in [6.07, 6.45) is 0. The smallest absolute Gasteiger partial charge is 0.319 e. The second kappa shape index (κ2) is 3.56. The number of nitrogens with two attached hydrogens (primary N) is 1. The van der Waals surface area contributed by atoms with Gasteiger partial charge < -0.3 is 10.5 Å². The van der Waals surface area contributed by atoms with E-state index in [0.29, 0.717) is 6.61 Å². The van der Waals surface area contributed by atoms with E-state index < -0.39 is 0 Å². The van der Waals surface area contributed by atoms with Crippen LogP contribution in [0.5, 0.6) is 0 Å². The van der Waals surface area contributed by atoms with Crippen molar-refractivity contribution in [2.75, 3.05) is 13.2 Å². The molecule has 10 heavy (non-hydrogen) atoms. The van der Waals surface area contributed by atoms with E-state index in [1.165, 1.54) is 0 Å². The molecule has 0 heterocycles. The number of carbonyl (C=O) groups is 1. The van der Waals surface area contributed by atoms with Gasteiger partial charge in [0.05, 0.1) is 13.2 Å². The van der Waals surface area contributed by atoms with Crippen molar-refractivity contribution < 1.29 is 9.53 Å². The van der Waals surface area contributed by atoms with Crippen LogP contribution in [-0.4, -0.2) is 19.1 Å². The summed E-state index contributed by atoms with van der Waals surface area (Å²) < 4.78 is 4.79. The van der Waals surface area contributed by atoms with Crippen molar-refractivity contribution in [3.63, 3.8) is 0 Å². The molecule has 2 N–H and O–H groups in total. The molecule has 0 atom stereocenters. The van der Waals surface area contributed by atoms with Crippen LogP contribution in [-0.2, 0) is 9.53 Å². The molecule has 0 amide bonds. The average Bonchev–Trinajstić information content (AvgIpc) is 1.81. The number of hydrogen-bond acceptors (Lipinski definition) is 3. The van der Waals surface area contributed by atoms with Crippen LogP contribution < -0.4 is 5.73 Å². The molecular formula is C7H15NO2. The first kappa shape index (κ1) is 9.43. The van der Waals surface area contributed by atoms with Gasteiger partial charge in [0.2, 0.25) is 0 Å². The lowest BCUT2D eigenvalue weighted by atomic mass is 9.99. The number of ether oxygens (including phenoxy) is 1. The van der Waals surface area contributed by atoms with E-state index in [-0.39, 0.29) is 17.9 Å². The average molecular weight is 145 g/mol. The highest BCUT2D eigenvalue weighted by Crippen LogP contribution is 2.12. The highest BCUT2D eigenvalue weighted by molar-refractivity contribution is 5.71. The summed E-state index contributed by atoms with van der Waals surface area (Å²) in [5.41, 5.74) is 5.06. The van der Waals surface area contributed by atoms with Crippen molar-refractivity contribution in [2.45, 2.75) is 20.8 Å². The zero-order valence-corrected chi connectivity index (χ0v) is 6.81. The van der Waals surface area contributed by atoms with Crippen molar-refractivity contribution in [3.05, 3.63) is 0 Å². The molecule has 0 radical (unpaired) electrons. The normalized spacial score (nSPS) is 11.2. The summed E-state index contributed by atoms with van der Waals surface area (Å²) in [4.78, 5) is 10.5. The Morgan fingerprint density at radius 1 is 1.50 bits per heavy atom. The van der Waals surface area contributed by atoms with Gasteiger partial charge in [-0.2, -0.15) is 0 Å². The monoisotopic (exact) mass is 145 g/mol. The van der Waals surface area contributed by atoms with E-state index >= 15 is 0 Å². The molecule has 0 fully saturated rings. The molecule has 0 aliphatic carbocycles. The van der Waals surface area contributed by atoms with Crippen LogP contribution in [0.4, 0.5) is 0 Å². The fourth-order valence-electron chi connectivity index (χ4n) is 0.356. The van der Waals surface area contributed by atoms with Gasteiger partial charge >= 0.3 is 5.97 Å². The van der Waals surface area contributed by atoms with E-state index in [1.807, 2.05) is 20.8 Å². The lowest BCUT2D eigenvalue weighted by Crippen LogP contribution is -2.23. The standard InChI is InChI=1S/C7H15NO2/c1-7(2,3)5-10-6(9)4-8/h4-5,8H2,1-3H3. The molecule has 3 heteroatoms. The molecule has 0 aromatic carbocycles. The van der Waals surface area contributed by atoms with E-state index in [2.05, 4.69) is 0 Å². The third kappa shape index (κ3) is 5.56. The predicted molar refractivity (Wildman–Crippen MR) is 39.5 cm³/mol. The quantitative estimate of drug-likeness (QED) is 0.577. The number of rotatable bonds is 2. The van der Waals surface area contributed by atoms with Crippen molar-refractivity contribution in [1.82, 2.24) is 0 Å². The molecule has 0 aliphatic heterocycles. The van der Waals surface area contributed by atoms with Gasteiger partial charge in [-0.05, 0) is 5.41 Å². The lowest BCUT2D eigenvalue weighted by molar-refractivity contribution is -0.144. The van der Waals surface area contributed by atoms with Gasteiger partial charge in [0, 0.05) is 0 Å². The Morgan fingerprint density at radius 2 is 2.00 bits per heavy atom. The van der Waals surface area contributed by atoms with Crippen LogP contribution in [0, 0.1) is 5.41 Å². The topological polar surface area (TPSA) is 52.3 Å². The van der Waals surface area contributed by atoms with Crippen LogP contribution in [0.3, 0.4) is 0 Å². The Balaban J connectivity index is 3.46. The molecule has 0 saturated carbocycles. The van der Waals surface area contributed by atoms with Crippen molar-refractivity contribution >= 4 is 5.97 Å². The number of hydrogen-bond donors (Lipinski definition) is 1. The van der Waals surface area contributed by atoms with Gasteiger partial charge in [0.15, 0.2) is 0 Å². The molecule has 3 nitrogen and oxygen atoms in total. The fourth-order valence-corrected chi connectivity index (χ4v) is 0.356. The van der Waals surface area contributed by atoms with Crippen LogP contribution in [0.1, 0.15) is 20.8 Å². The molecule has 60 valence electrons. The highest BCUT2D eigenvalue weighted by Gasteiger charge is 2.12. The summed E-state index contributed by atoms with van der Waals surface area (Å²) in [6, 6.07) is 0. The number of carbonyl (C=O) groups excluding carboxylic acids is 1. The van der Waals surface area contributed by atoms with Crippen LogP contribution in [0.2, 0.25) is 0 Å². The summed E-state index contributed by atoms with van der Waals surface area (Å²) in [7, 11) is 0. The van der Waals surface area contributed by atoms with E-state index in [9.17, 15) is 4.79 Å². The molecule has 0 aliphatic rings. The minimum atomic E-state index is -0.338. The second-order valence-electron chi connectivity index (χ2n) is 3.43. The van der Waals surface area contributed by atoms with Crippen LogP contribution in [0.25, 0.3) is 0 Å². The van der Waals surface area contributed by atoms with Crippen molar-refractivity contribution in [1.29, 1.82) is 0 Å². The van der Waals surface area contributed by atoms with Crippen molar-refractivity contribution in [2.24, 2.45) is 11.1 Å². The fraction of sp³-hybridized carbons (Fsp3) is 0.857. The largest absolute Gasteiger partial charge is 0.464 e. The number of esters is 1. The third-order valence-corrected chi connectivity index (χ3v) is 0.833. The molecule has 0 bridgehead atoms. The predicted octanol–water partition coefficient (Wildman–Crippen LogP) is 0.534. The van der Waals surface area contributed by atoms with E-state index in [1.54, 1.807) is 0 Å². The van der Waals surface area contributed by atoms with Crippen LogP contribution >= 0.6 is 0 Å². The first-order chi connectivity index (χ1) is 4.45. The summed E-state index contributed by atoms with van der Waals surface area (Å²) in [5.74, 6) is -0.338. The Hall–Kier alpha value is -0.570. The third-order valence-electron chi connectivity index (χ3n) is 0.833. The Morgan fingerprint density at radius 3 is 2.30 bits per heavy atom. The zero-order valence-electron chi connectivity index (χ0n) is 6.81. The minimum absolute atomic E-state index is 0.0317. The molecular weight excluding hydrogens is 130 g/mol. The Labute approximate surface area is 61.5 Å². The lowest BCUT2D eigenvalue weighted by Gasteiger charge is -2.17. The maximum atomic E-state index is 10.5. The van der Waals surface area contributed by atoms with Gasteiger partial charge in [-0.25, -0.2) is 0 Å². The van der Waals surface area contributed by atoms with Crippen LogP contribution in [0.15, 0.2) is 0 Å². The maximum absolute atomic E-state index is 10.5. The van der Waals surface area contributed by atoms with Gasteiger partial charge in [-0.3, -0.25) is 4.79 Å². The van der Waals surface area contributed by atoms with E-state index in [0.717, 1.165) is 0 Å². The van der Waals surface area contributed by atoms with Gasteiger partial charge in [-0.15, -0.1) is 0 Å². The van der Waals surface area contributed by atoms with Gasteiger partial charge in [-0.1, -0.05) is 20.8 Å². The molecule has 0 aromatic rings. The molecule has 0 unspecified atom stereocenters. The maximum Gasteiger partial charge on any atom is 0.319 e. The second-order valence-corrected chi connectivity index (χ2v) is 3.43. The van der Waals surface area contributed by atoms with Gasteiger partial charge in [0.1, 0.15) is 0 Å². The first-order valence-corrected chi connectivity index (χ1v) is 3.31. The minimum Gasteiger partial charge on any atom is -0.464 e. The SMILES string of the molecule is CC(C)(C)COC(=O)CN. The van der Waals surface area contributed by atoms with Gasteiger partial charge in [0.25, 0.3) is 0 Å². The summed E-state index contributed by atoms with van der Waals surface area (Å²) in [5, 5.41) is 0. The Bertz CT molecular complexity index is 115. The zero-order chi connectivity index (χ0) is 8.20. The molecule has 0 saturated heterocycles. The Kier molecular flexibility index (Phi) is 3.36. The molecule has 0 aromatic heterocycles.